The molecule has 2 aromatic carbocycles. The molecule has 1 amide bonds. The van der Waals surface area contributed by atoms with Gasteiger partial charge in [-0.3, -0.25) is 14.5 Å². The number of hydrogen-bond donors (Lipinski definition) is 1. The molecule has 2 aliphatic heterocycles. The van der Waals surface area contributed by atoms with Crippen LogP contribution in [0.3, 0.4) is 0 Å². The van der Waals surface area contributed by atoms with Gasteiger partial charge in [-0.1, -0.05) is 30.3 Å². The summed E-state index contributed by atoms with van der Waals surface area (Å²) in [6, 6.07) is 11.8. The molecule has 1 atom stereocenters. The lowest BCUT2D eigenvalue weighted by Gasteiger charge is -2.42. The van der Waals surface area contributed by atoms with E-state index in [1.54, 1.807) is 0 Å². The highest BCUT2D eigenvalue weighted by atomic mass is 16.5. The number of Topliss-reactive ketones (excluding diaryl/α,β-unsaturated/α-hetero) is 1. The monoisotopic (exact) mass is 432 g/mol. The third kappa shape index (κ3) is 4.78. The Hall–Kier alpha value is -2.92. The minimum Gasteiger partial charge on any atom is -0.482 e. The predicted molar refractivity (Wildman–Crippen MR) is 127 cm³/mol. The number of hydrogen-bond acceptors (Lipinski definition) is 4. The van der Waals surface area contributed by atoms with Gasteiger partial charge in [0.25, 0.3) is 0 Å². The summed E-state index contributed by atoms with van der Waals surface area (Å²) >= 11 is 0. The minimum atomic E-state index is -0.268. The van der Waals surface area contributed by atoms with Gasteiger partial charge in [0.15, 0.2) is 5.78 Å². The zero-order valence-corrected chi connectivity index (χ0v) is 19.4. The highest BCUT2D eigenvalue weighted by molar-refractivity contribution is 5.97. The van der Waals surface area contributed by atoms with E-state index < -0.39 is 0 Å². The third-order valence-electron chi connectivity index (χ3n) is 6.73. The van der Waals surface area contributed by atoms with Gasteiger partial charge in [0.2, 0.25) is 5.91 Å². The van der Waals surface area contributed by atoms with Crippen molar-refractivity contribution in [3.05, 3.63) is 70.3 Å². The Labute approximate surface area is 190 Å². The van der Waals surface area contributed by atoms with Crippen molar-refractivity contribution in [2.75, 3.05) is 19.6 Å². The molecule has 5 heteroatoms. The second kappa shape index (κ2) is 8.91. The van der Waals surface area contributed by atoms with Crippen LogP contribution in [0.2, 0.25) is 0 Å². The maximum atomic E-state index is 12.8. The van der Waals surface area contributed by atoms with Gasteiger partial charge in [-0.25, -0.2) is 0 Å². The molecule has 4 rings (SSSR count). The van der Waals surface area contributed by atoms with Crippen LogP contribution >= 0.6 is 0 Å². The number of likely N-dealkylation sites (tertiary alicyclic amines) is 1. The molecule has 0 aliphatic carbocycles. The molecule has 32 heavy (non-hydrogen) atoms. The van der Waals surface area contributed by atoms with Crippen molar-refractivity contribution in [3.8, 4) is 5.75 Å². The summed E-state index contributed by atoms with van der Waals surface area (Å²) < 4.78 is 6.47. The number of amides is 1. The fourth-order valence-corrected chi connectivity index (χ4v) is 4.52. The number of benzene rings is 2. The summed E-state index contributed by atoms with van der Waals surface area (Å²) in [5.41, 5.74) is 5.10. The first kappa shape index (κ1) is 22.3. The fraction of sp³-hybridized carbons (Fsp3) is 0.407. The summed E-state index contributed by atoms with van der Waals surface area (Å²) in [4.78, 5) is 26.3. The number of rotatable bonds is 5. The van der Waals surface area contributed by atoms with E-state index in [1.165, 1.54) is 18.1 Å². The summed E-state index contributed by atoms with van der Waals surface area (Å²) in [6.07, 6.45) is 6.14. The van der Waals surface area contributed by atoms with E-state index in [0.29, 0.717) is 12.1 Å². The molecule has 0 aromatic heterocycles. The summed E-state index contributed by atoms with van der Waals surface area (Å²) in [5, 5.41) is 2.86. The number of nitrogens with one attached hydrogen (secondary N) is 1. The molecule has 0 saturated carbocycles. The van der Waals surface area contributed by atoms with Crippen LogP contribution in [-0.4, -0.2) is 41.8 Å². The first-order valence-corrected chi connectivity index (χ1v) is 11.4. The van der Waals surface area contributed by atoms with E-state index in [0.717, 1.165) is 42.8 Å². The molecule has 1 spiro atoms. The van der Waals surface area contributed by atoms with E-state index in [1.807, 2.05) is 31.2 Å². The number of aryl methyl sites for hydroxylation is 2. The third-order valence-corrected chi connectivity index (χ3v) is 6.73. The van der Waals surface area contributed by atoms with E-state index in [2.05, 4.69) is 48.3 Å². The zero-order valence-electron chi connectivity index (χ0n) is 19.4. The largest absolute Gasteiger partial charge is 0.482 e. The predicted octanol–water partition coefficient (Wildman–Crippen LogP) is 4.62. The Bertz CT molecular complexity index is 1050. The van der Waals surface area contributed by atoms with E-state index >= 15 is 0 Å². The van der Waals surface area contributed by atoms with Crippen LogP contribution in [0, 0.1) is 13.8 Å². The molecule has 0 radical (unpaired) electrons. The topological polar surface area (TPSA) is 58.6 Å². The van der Waals surface area contributed by atoms with Gasteiger partial charge < -0.3 is 10.1 Å². The van der Waals surface area contributed by atoms with Gasteiger partial charge in [-0.15, -0.1) is 0 Å². The highest BCUT2D eigenvalue weighted by Crippen LogP contribution is 2.38. The molecule has 1 fully saturated rings. The van der Waals surface area contributed by atoms with Crippen LogP contribution < -0.4 is 10.1 Å². The lowest BCUT2D eigenvalue weighted by atomic mass is 9.87. The van der Waals surface area contributed by atoms with Gasteiger partial charge in [0.05, 0.1) is 12.6 Å². The maximum absolute atomic E-state index is 12.8. The molecule has 0 unspecified atom stereocenters. The van der Waals surface area contributed by atoms with Crippen molar-refractivity contribution in [2.45, 2.75) is 52.2 Å². The number of carbonyl (C=O) groups is 2. The second-order valence-electron chi connectivity index (χ2n) is 9.22. The minimum absolute atomic E-state index is 0.0638. The van der Waals surface area contributed by atoms with Crippen molar-refractivity contribution < 1.29 is 14.3 Å². The Balaban J connectivity index is 1.34. The molecule has 2 aromatic rings. The molecule has 168 valence electrons. The lowest BCUT2D eigenvalue weighted by molar-refractivity contribution is -0.119. The molecule has 1 N–H and O–H groups in total. The summed E-state index contributed by atoms with van der Waals surface area (Å²) in [5.74, 6) is 1.02. The fourth-order valence-electron chi connectivity index (χ4n) is 4.52. The van der Waals surface area contributed by atoms with E-state index in [-0.39, 0.29) is 23.3 Å². The van der Waals surface area contributed by atoms with Crippen LogP contribution in [0.4, 0.5) is 0 Å². The molecule has 1 saturated heterocycles. The SMILES string of the molecule is CC(=O)N[C@H](C)c1ccc(C(=O)CN2CCC3(C=Cc4cc(C)c(C)cc4O3)CC2)cc1. The average Bonchev–Trinajstić information content (AvgIpc) is 2.76. The van der Waals surface area contributed by atoms with Crippen molar-refractivity contribution in [2.24, 2.45) is 0 Å². The summed E-state index contributed by atoms with van der Waals surface area (Å²) in [6.45, 7) is 9.75. The van der Waals surface area contributed by atoms with Crippen molar-refractivity contribution in [3.63, 3.8) is 0 Å². The molecule has 2 aliphatic rings. The number of piperidine rings is 1. The first-order chi connectivity index (χ1) is 15.2. The second-order valence-corrected chi connectivity index (χ2v) is 9.22. The maximum Gasteiger partial charge on any atom is 0.217 e. The van der Waals surface area contributed by atoms with Gasteiger partial charge >= 0.3 is 0 Å². The van der Waals surface area contributed by atoms with Crippen LogP contribution in [0.5, 0.6) is 5.75 Å². The Morgan fingerprint density at radius 3 is 2.41 bits per heavy atom. The smallest absolute Gasteiger partial charge is 0.217 e. The van der Waals surface area contributed by atoms with Gasteiger partial charge in [0.1, 0.15) is 11.4 Å². The number of fused-ring (bicyclic) bond motifs is 1. The number of ether oxygens (including phenoxy) is 1. The highest BCUT2D eigenvalue weighted by Gasteiger charge is 2.37. The Morgan fingerprint density at radius 1 is 1.09 bits per heavy atom. The number of carbonyl (C=O) groups excluding carboxylic acids is 2. The number of ketones is 1. The Kier molecular flexibility index (Phi) is 6.20. The first-order valence-electron chi connectivity index (χ1n) is 11.4. The van der Waals surface area contributed by atoms with Crippen LogP contribution in [-0.2, 0) is 4.79 Å². The van der Waals surface area contributed by atoms with Crippen molar-refractivity contribution in [1.82, 2.24) is 10.2 Å². The number of nitrogens with zero attached hydrogens (tertiary/aromatic N) is 1. The zero-order chi connectivity index (χ0) is 22.9. The van der Waals surface area contributed by atoms with E-state index in [4.69, 9.17) is 4.74 Å². The van der Waals surface area contributed by atoms with Gasteiger partial charge in [-0.05, 0) is 55.7 Å². The standard InChI is InChI=1S/C27H32N2O3/c1-18-15-24-9-10-27(32-26(24)16-19(18)2)11-13-29(14-12-27)17-25(31)23-7-5-22(6-8-23)20(3)28-21(4)30/h5-10,15-16,20H,11-14,17H2,1-4H3,(H,28,30)/t20-/m1/s1. The van der Waals surface area contributed by atoms with Gasteiger partial charge in [-0.2, -0.15) is 0 Å². The van der Waals surface area contributed by atoms with Gasteiger partial charge in [0, 0.05) is 44.0 Å². The van der Waals surface area contributed by atoms with Crippen LogP contribution in [0.25, 0.3) is 6.08 Å². The quantitative estimate of drug-likeness (QED) is 0.700. The van der Waals surface area contributed by atoms with Crippen molar-refractivity contribution >= 4 is 17.8 Å². The molecule has 2 heterocycles. The van der Waals surface area contributed by atoms with E-state index in [9.17, 15) is 9.59 Å². The average molecular weight is 433 g/mol. The van der Waals surface area contributed by atoms with Crippen LogP contribution in [0.15, 0.2) is 42.5 Å². The Morgan fingerprint density at radius 2 is 1.75 bits per heavy atom. The normalized spacial score (nSPS) is 18.0. The van der Waals surface area contributed by atoms with Crippen LogP contribution in [0.1, 0.15) is 65.3 Å². The molecule has 0 bridgehead atoms. The summed E-state index contributed by atoms with van der Waals surface area (Å²) in [7, 11) is 0. The molecular weight excluding hydrogens is 400 g/mol. The molecular formula is C27H32N2O3. The molecule has 5 nitrogen and oxygen atoms in total. The van der Waals surface area contributed by atoms with Crippen molar-refractivity contribution in [1.29, 1.82) is 0 Å². The lowest BCUT2D eigenvalue weighted by Crippen LogP contribution is -2.48.